The van der Waals surface area contributed by atoms with Gasteiger partial charge in [0.2, 0.25) is 0 Å². The van der Waals surface area contributed by atoms with Gasteiger partial charge in [0.25, 0.3) is 0 Å². The van der Waals surface area contributed by atoms with Crippen LogP contribution in [0.5, 0.6) is 17.2 Å². The van der Waals surface area contributed by atoms with E-state index in [9.17, 15) is 15.3 Å². The molecule has 3 aromatic carbocycles. The third kappa shape index (κ3) is 3.35. The van der Waals surface area contributed by atoms with Crippen LogP contribution in [0.4, 0.5) is 0 Å². The maximum absolute atomic E-state index is 9.57. The third-order valence-electron chi connectivity index (χ3n) is 4.42. The summed E-state index contributed by atoms with van der Waals surface area (Å²) in [6.45, 7) is 2.14. The molecule has 0 aliphatic rings. The summed E-state index contributed by atoms with van der Waals surface area (Å²) in [6.07, 6.45) is 0. The maximum Gasteiger partial charge on any atom is 0.115 e. The molecule has 0 fully saturated rings. The lowest BCUT2D eigenvalue weighted by Gasteiger charge is -2.26. The van der Waals surface area contributed by atoms with Gasteiger partial charge in [-0.1, -0.05) is 43.3 Å². The molecule has 0 saturated carbocycles. The Morgan fingerprint density at radius 3 is 1.12 bits per heavy atom. The molecular weight excluding hydrogens is 300 g/mol. The minimum atomic E-state index is 0.0655. The molecule has 1 unspecified atom stereocenters. The fraction of sp³-hybridized carbons (Fsp3) is 0.143. The average Bonchev–Trinajstić information content (AvgIpc) is 2.59. The lowest BCUT2D eigenvalue weighted by atomic mass is 9.78. The standard InChI is InChI=1S/C21H20O3/c1-14(15-2-8-18(22)9-3-15)21(16-4-10-19(23)11-5-16)17-6-12-20(24)13-7-17/h2-14,21-24H,1H3. The van der Waals surface area contributed by atoms with Crippen molar-refractivity contribution in [1.82, 2.24) is 0 Å². The molecule has 0 bridgehead atoms. The van der Waals surface area contributed by atoms with Crippen LogP contribution in [0.2, 0.25) is 0 Å². The highest BCUT2D eigenvalue weighted by Gasteiger charge is 2.23. The average molecular weight is 320 g/mol. The molecule has 3 aromatic rings. The quantitative estimate of drug-likeness (QED) is 0.651. The minimum Gasteiger partial charge on any atom is -0.508 e. The van der Waals surface area contributed by atoms with Gasteiger partial charge >= 0.3 is 0 Å². The fourth-order valence-electron chi connectivity index (χ4n) is 3.10. The summed E-state index contributed by atoms with van der Waals surface area (Å²) in [5.74, 6) is 0.938. The Bertz CT molecular complexity index is 744. The number of hydrogen-bond acceptors (Lipinski definition) is 3. The molecule has 3 rings (SSSR count). The van der Waals surface area contributed by atoms with Gasteiger partial charge in [-0.2, -0.15) is 0 Å². The zero-order valence-electron chi connectivity index (χ0n) is 13.4. The second kappa shape index (κ2) is 6.67. The Balaban J connectivity index is 2.05. The third-order valence-corrected chi connectivity index (χ3v) is 4.42. The number of phenols is 3. The molecule has 0 aromatic heterocycles. The molecule has 0 aliphatic heterocycles. The number of benzene rings is 3. The number of hydrogen-bond donors (Lipinski definition) is 3. The highest BCUT2D eigenvalue weighted by Crippen LogP contribution is 2.39. The summed E-state index contributed by atoms with van der Waals surface area (Å²) in [4.78, 5) is 0. The first-order chi connectivity index (χ1) is 11.5. The molecule has 3 nitrogen and oxygen atoms in total. The van der Waals surface area contributed by atoms with Crippen molar-refractivity contribution in [2.24, 2.45) is 0 Å². The van der Waals surface area contributed by atoms with Crippen molar-refractivity contribution < 1.29 is 15.3 Å². The molecule has 0 aliphatic carbocycles. The van der Waals surface area contributed by atoms with Gasteiger partial charge in [-0.25, -0.2) is 0 Å². The van der Waals surface area contributed by atoms with E-state index in [4.69, 9.17) is 0 Å². The zero-order valence-corrected chi connectivity index (χ0v) is 13.4. The van der Waals surface area contributed by atoms with Crippen LogP contribution in [-0.2, 0) is 0 Å². The van der Waals surface area contributed by atoms with E-state index in [-0.39, 0.29) is 29.1 Å². The highest BCUT2D eigenvalue weighted by molar-refractivity contribution is 5.42. The van der Waals surface area contributed by atoms with Crippen molar-refractivity contribution in [1.29, 1.82) is 0 Å². The van der Waals surface area contributed by atoms with Crippen molar-refractivity contribution >= 4 is 0 Å². The van der Waals surface area contributed by atoms with Gasteiger partial charge < -0.3 is 15.3 Å². The summed E-state index contributed by atoms with van der Waals surface area (Å²) in [6, 6.07) is 21.7. The van der Waals surface area contributed by atoms with Crippen molar-refractivity contribution in [2.75, 3.05) is 0 Å². The Morgan fingerprint density at radius 1 is 0.500 bits per heavy atom. The van der Waals surface area contributed by atoms with Crippen LogP contribution in [0.25, 0.3) is 0 Å². The van der Waals surface area contributed by atoms with Crippen molar-refractivity contribution in [3.63, 3.8) is 0 Å². The summed E-state index contributed by atoms with van der Waals surface area (Å²) in [5, 5.41) is 28.7. The van der Waals surface area contributed by atoms with Crippen molar-refractivity contribution in [3.05, 3.63) is 89.5 Å². The van der Waals surface area contributed by atoms with Gasteiger partial charge in [0.1, 0.15) is 17.2 Å². The van der Waals surface area contributed by atoms with Crippen LogP contribution in [0.1, 0.15) is 35.4 Å². The van der Waals surface area contributed by atoms with E-state index in [1.54, 1.807) is 36.4 Å². The molecule has 0 amide bonds. The summed E-state index contributed by atoms with van der Waals surface area (Å²) >= 11 is 0. The van der Waals surface area contributed by atoms with E-state index < -0.39 is 0 Å². The predicted molar refractivity (Wildman–Crippen MR) is 94.6 cm³/mol. The van der Waals surface area contributed by atoms with E-state index >= 15 is 0 Å². The van der Waals surface area contributed by atoms with Crippen LogP contribution >= 0.6 is 0 Å². The van der Waals surface area contributed by atoms with E-state index in [1.165, 1.54) is 0 Å². The lowest BCUT2D eigenvalue weighted by Crippen LogP contribution is -2.10. The number of aromatic hydroxyl groups is 3. The molecule has 0 heterocycles. The van der Waals surface area contributed by atoms with Crippen LogP contribution in [0.3, 0.4) is 0 Å². The molecule has 1 atom stereocenters. The zero-order chi connectivity index (χ0) is 17.1. The topological polar surface area (TPSA) is 60.7 Å². The number of phenolic OH excluding ortho intramolecular Hbond substituents is 3. The smallest absolute Gasteiger partial charge is 0.115 e. The van der Waals surface area contributed by atoms with Crippen LogP contribution < -0.4 is 0 Å². The summed E-state index contributed by atoms with van der Waals surface area (Å²) in [7, 11) is 0. The van der Waals surface area contributed by atoms with Gasteiger partial charge in [0, 0.05) is 5.92 Å². The fourth-order valence-corrected chi connectivity index (χ4v) is 3.10. The molecule has 0 spiro atoms. The first-order valence-electron chi connectivity index (χ1n) is 7.91. The van der Waals surface area contributed by atoms with Crippen LogP contribution in [0.15, 0.2) is 72.8 Å². The van der Waals surface area contributed by atoms with Gasteiger partial charge in [0.15, 0.2) is 0 Å². The Morgan fingerprint density at radius 2 is 0.792 bits per heavy atom. The molecule has 0 saturated heterocycles. The minimum absolute atomic E-state index is 0.0655. The van der Waals surface area contributed by atoms with Crippen LogP contribution in [-0.4, -0.2) is 15.3 Å². The Kier molecular flexibility index (Phi) is 4.43. The SMILES string of the molecule is CC(c1ccc(O)cc1)C(c1ccc(O)cc1)c1ccc(O)cc1. The van der Waals surface area contributed by atoms with Gasteiger partial charge in [0.05, 0.1) is 0 Å². The molecule has 0 radical (unpaired) electrons. The Labute approximate surface area is 141 Å². The lowest BCUT2D eigenvalue weighted by molar-refractivity contribution is 0.473. The number of rotatable bonds is 4. The van der Waals surface area contributed by atoms with Crippen LogP contribution in [0, 0.1) is 0 Å². The predicted octanol–water partition coefficient (Wildman–Crippen LogP) is 4.74. The second-order valence-corrected chi connectivity index (χ2v) is 6.04. The first kappa shape index (κ1) is 15.9. The monoisotopic (exact) mass is 320 g/mol. The van der Waals surface area contributed by atoms with Gasteiger partial charge in [-0.3, -0.25) is 0 Å². The van der Waals surface area contributed by atoms with Gasteiger partial charge in [-0.05, 0) is 59.0 Å². The van der Waals surface area contributed by atoms with Gasteiger partial charge in [-0.15, -0.1) is 0 Å². The normalized spacial score (nSPS) is 12.2. The molecule has 3 heteroatoms. The van der Waals surface area contributed by atoms with Crippen molar-refractivity contribution in [2.45, 2.75) is 18.8 Å². The van der Waals surface area contributed by atoms with Crippen molar-refractivity contribution in [3.8, 4) is 17.2 Å². The van der Waals surface area contributed by atoms with E-state index in [0.717, 1.165) is 16.7 Å². The largest absolute Gasteiger partial charge is 0.508 e. The Hall–Kier alpha value is -2.94. The first-order valence-corrected chi connectivity index (χ1v) is 7.91. The molecule has 3 N–H and O–H groups in total. The summed E-state index contributed by atoms with van der Waals surface area (Å²) < 4.78 is 0. The van der Waals surface area contributed by atoms with E-state index in [2.05, 4.69) is 6.92 Å². The summed E-state index contributed by atoms with van der Waals surface area (Å²) in [5.41, 5.74) is 3.28. The van der Waals surface area contributed by atoms with E-state index in [1.807, 2.05) is 36.4 Å². The molecular formula is C21H20O3. The second-order valence-electron chi connectivity index (χ2n) is 6.04. The molecule has 24 heavy (non-hydrogen) atoms. The van der Waals surface area contributed by atoms with E-state index in [0.29, 0.717) is 0 Å². The maximum atomic E-state index is 9.57. The highest BCUT2D eigenvalue weighted by atomic mass is 16.3. The molecule has 122 valence electrons.